The summed E-state index contributed by atoms with van der Waals surface area (Å²) in [5.41, 5.74) is 2.68. The van der Waals surface area contributed by atoms with E-state index in [2.05, 4.69) is 24.3 Å². The Kier molecular flexibility index (Phi) is 3.13. The average Bonchev–Trinajstić information content (AvgIpc) is 2.86. The molecule has 4 heteroatoms. The molecule has 1 heterocycles. The number of nitrogens with zero attached hydrogens (tertiary/aromatic N) is 1. The van der Waals surface area contributed by atoms with Crippen LogP contribution in [0.25, 0.3) is 0 Å². The largest absolute Gasteiger partial charge is 0.243 e. The van der Waals surface area contributed by atoms with Crippen molar-refractivity contribution in [3.05, 3.63) is 65.7 Å². The lowest BCUT2D eigenvalue weighted by atomic mass is 9.91. The first-order chi connectivity index (χ1) is 10.6. The van der Waals surface area contributed by atoms with Crippen molar-refractivity contribution in [2.75, 3.05) is 6.54 Å². The minimum atomic E-state index is -3.42. The monoisotopic (exact) mass is 313 g/mol. The van der Waals surface area contributed by atoms with Crippen LogP contribution in [-0.2, 0) is 10.0 Å². The number of sulfonamides is 1. The molecule has 1 aliphatic heterocycles. The second-order valence-electron chi connectivity index (χ2n) is 6.30. The molecule has 114 valence electrons. The van der Waals surface area contributed by atoms with Crippen molar-refractivity contribution in [1.82, 2.24) is 4.31 Å². The van der Waals surface area contributed by atoms with Gasteiger partial charge in [-0.1, -0.05) is 42.5 Å². The summed E-state index contributed by atoms with van der Waals surface area (Å²) in [7, 11) is -3.42. The molecule has 0 aromatic heterocycles. The van der Waals surface area contributed by atoms with Crippen LogP contribution in [0.15, 0.2) is 59.5 Å². The molecule has 1 fully saturated rings. The quantitative estimate of drug-likeness (QED) is 0.852. The minimum absolute atomic E-state index is 0.00473. The summed E-state index contributed by atoms with van der Waals surface area (Å²) in [6.45, 7) is 2.63. The van der Waals surface area contributed by atoms with Crippen molar-refractivity contribution in [1.29, 1.82) is 0 Å². The van der Waals surface area contributed by atoms with Gasteiger partial charge in [0.1, 0.15) is 0 Å². The zero-order valence-electron chi connectivity index (χ0n) is 12.5. The van der Waals surface area contributed by atoms with E-state index < -0.39 is 10.0 Å². The fourth-order valence-corrected chi connectivity index (χ4v) is 5.77. The van der Waals surface area contributed by atoms with Gasteiger partial charge in [-0.3, -0.25) is 0 Å². The number of benzene rings is 2. The maximum absolute atomic E-state index is 13.0. The van der Waals surface area contributed by atoms with Gasteiger partial charge in [-0.25, -0.2) is 8.42 Å². The third kappa shape index (κ3) is 1.94. The van der Waals surface area contributed by atoms with Crippen LogP contribution in [-0.4, -0.2) is 25.3 Å². The summed E-state index contributed by atoms with van der Waals surface area (Å²) < 4.78 is 27.7. The normalized spacial score (nSPS) is 27.6. The van der Waals surface area contributed by atoms with Crippen LogP contribution < -0.4 is 0 Å². The topological polar surface area (TPSA) is 37.4 Å². The Balaban J connectivity index is 1.75. The Morgan fingerprint density at radius 2 is 1.59 bits per heavy atom. The second kappa shape index (κ2) is 4.93. The van der Waals surface area contributed by atoms with Crippen LogP contribution in [0, 0.1) is 0 Å². The molecule has 0 saturated carbocycles. The number of piperidine rings is 1. The SMILES string of the molecule is CC1C2CC(CN1S(=O)(=O)c1ccccc1)c1ccccc12. The van der Waals surface area contributed by atoms with Gasteiger partial charge in [0.15, 0.2) is 0 Å². The van der Waals surface area contributed by atoms with E-state index in [1.165, 1.54) is 11.1 Å². The molecule has 0 N–H and O–H groups in total. The first-order valence-corrected chi connectivity index (χ1v) is 9.19. The zero-order chi connectivity index (χ0) is 15.3. The highest BCUT2D eigenvalue weighted by molar-refractivity contribution is 7.89. The van der Waals surface area contributed by atoms with Gasteiger partial charge >= 0.3 is 0 Å². The molecule has 0 spiro atoms. The summed E-state index contributed by atoms with van der Waals surface area (Å²) in [5, 5.41) is 0. The lowest BCUT2D eigenvalue weighted by Crippen LogP contribution is -2.45. The minimum Gasteiger partial charge on any atom is -0.207 e. The first-order valence-electron chi connectivity index (χ1n) is 7.75. The van der Waals surface area contributed by atoms with Crippen molar-refractivity contribution < 1.29 is 8.42 Å². The van der Waals surface area contributed by atoms with Crippen molar-refractivity contribution in [3.8, 4) is 0 Å². The van der Waals surface area contributed by atoms with E-state index in [0.29, 0.717) is 23.3 Å². The number of hydrogen-bond donors (Lipinski definition) is 0. The first kappa shape index (κ1) is 14.0. The number of rotatable bonds is 2. The van der Waals surface area contributed by atoms with Crippen LogP contribution in [0.1, 0.15) is 36.3 Å². The summed E-state index contributed by atoms with van der Waals surface area (Å²) in [6.07, 6.45) is 1.07. The highest BCUT2D eigenvalue weighted by Gasteiger charge is 2.46. The molecular weight excluding hydrogens is 294 g/mol. The fraction of sp³-hybridized carbons (Fsp3) is 0.333. The Bertz CT molecular complexity index is 801. The van der Waals surface area contributed by atoms with E-state index in [-0.39, 0.29) is 6.04 Å². The van der Waals surface area contributed by atoms with E-state index >= 15 is 0 Å². The molecule has 22 heavy (non-hydrogen) atoms. The Morgan fingerprint density at radius 1 is 0.955 bits per heavy atom. The van der Waals surface area contributed by atoms with Crippen LogP contribution in [0.5, 0.6) is 0 Å². The summed E-state index contributed by atoms with van der Waals surface area (Å²) in [4.78, 5) is 0.396. The highest BCUT2D eigenvalue weighted by atomic mass is 32.2. The van der Waals surface area contributed by atoms with E-state index in [0.717, 1.165) is 6.42 Å². The Labute approximate surface area is 131 Å². The van der Waals surface area contributed by atoms with Crippen molar-refractivity contribution in [2.45, 2.75) is 36.1 Å². The third-order valence-electron chi connectivity index (χ3n) is 5.16. The van der Waals surface area contributed by atoms with Crippen molar-refractivity contribution in [2.24, 2.45) is 0 Å². The molecule has 3 unspecified atom stereocenters. The molecular formula is C18H19NO2S. The number of fused-ring (bicyclic) bond motifs is 5. The van der Waals surface area contributed by atoms with Crippen molar-refractivity contribution in [3.63, 3.8) is 0 Å². The molecule has 2 aromatic carbocycles. The summed E-state index contributed by atoms with van der Waals surface area (Å²) in [6, 6.07) is 17.2. The molecule has 4 rings (SSSR count). The molecule has 2 aliphatic rings. The Morgan fingerprint density at radius 3 is 2.32 bits per heavy atom. The molecule has 3 atom stereocenters. The molecule has 2 aromatic rings. The molecule has 0 amide bonds. The fourth-order valence-electron chi connectivity index (χ4n) is 4.04. The van der Waals surface area contributed by atoms with Gasteiger partial charge in [0.05, 0.1) is 4.90 Å². The highest BCUT2D eigenvalue weighted by Crippen LogP contribution is 2.49. The predicted octanol–water partition coefficient (Wildman–Crippen LogP) is 3.35. The lowest BCUT2D eigenvalue weighted by Gasteiger charge is -2.37. The van der Waals surface area contributed by atoms with Gasteiger partial charge in [0.25, 0.3) is 0 Å². The van der Waals surface area contributed by atoms with Gasteiger partial charge in [-0.2, -0.15) is 4.31 Å². The van der Waals surface area contributed by atoms with Crippen LogP contribution in [0.2, 0.25) is 0 Å². The van der Waals surface area contributed by atoms with Crippen LogP contribution in [0.4, 0.5) is 0 Å². The standard InChI is InChI=1S/C18H19NO2S/c1-13-18-11-14(16-9-5-6-10-17(16)18)12-19(13)22(20,21)15-7-3-2-4-8-15/h2-10,13-14,18H,11-12H2,1H3. The van der Waals surface area contributed by atoms with Gasteiger partial charge in [-0.05, 0) is 42.5 Å². The average molecular weight is 313 g/mol. The maximum atomic E-state index is 13.0. The lowest BCUT2D eigenvalue weighted by molar-refractivity contribution is 0.234. The molecule has 3 nitrogen and oxygen atoms in total. The van der Waals surface area contributed by atoms with E-state index in [1.54, 1.807) is 28.6 Å². The molecule has 1 saturated heterocycles. The summed E-state index contributed by atoms with van der Waals surface area (Å²) >= 11 is 0. The maximum Gasteiger partial charge on any atom is 0.243 e. The number of hydrogen-bond acceptors (Lipinski definition) is 2. The van der Waals surface area contributed by atoms with Crippen LogP contribution >= 0.6 is 0 Å². The van der Waals surface area contributed by atoms with Gasteiger partial charge in [0.2, 0.25) is 10.0 Å². The molecule has 2 bridgehead atoms. The Hall–Kier alpha value is -1.65. The van der Waals surface area contributed by atoms with Gasteiger partial charge < -0.3 is 0 Å². The predicted molar refractivity (Wildman–Crippen MR) is 86.3 cm³/mol. The second-order valence-corrected chi connectivity index (χ2v) is 8.19. The molecule has 1 aliphatic carbocycles. The third-order valence-corrected chi connectivity index (χ3v) is 7.13. The molecule has 0 radical (unpaired) electrons. The summed E-state index contributed by atoms with van der Waals surface area (Å²) in [5.74, 6) is 0.643. The van der Waals surface area contributed by atoms with Crippen LogP contribution in [0.3, 0.4) is 0 Å². The van der Waals surface area contributed by atoms with Gasteiger partial charge in [0, 0.05) is 18.5 Å². The van der Waals surface area contributed by atoms with Crippen molar-refractivity contribution >= 4 is 10.0 Å². The smallest absolute Gasteiger partial charge is 0.207 e. The van der Waals surface area contributed by atoms with Gasteiger partial charge in [-0.15, -0.1) is 0 Å². The van der Waals surface area contributed by atoms with E-state index in [1.807, 2.05) is 13.0 Å². The van der Waals surface area contributed by atoms with E-state index in [4.69, 9.17) is 0 Å². The van der Waals surface area contributed by atoms with E-state index in [9.17, 15) is 8.42 Å². The zero-order valence-corrected chi connectivity index (χ0v) is 13.3.